The van der Waals surface area contributed by atoms with Crippen LogP contribution in [-0.4, -0.2) is 26.9 Å². The molecule has 0 aromatic carbocycles. The average Bonchev–Trinajstić information content (AvgIpc) is 2.35. The van der Waals surface area contributed by atoms with Gasteiger partial charge in [0, 0.05) is 29.5 Å². The van der Waals surface area contributed by atoms with Gasteiger partial charge < -0.3 is 10.1 Å². The van der Waals surface area contributed by atoms with Gasteiger partial charge in [-0.2, -0.15) is 0 Å². The van der Waals surface area contributed by atoms with E-state index in [0.29, 0.717) is 17.2 Å². The van der Waals surface area contributed by atoms with Crippen molar-refractivity contribution < 1.29 is 5.11 Å². The van der Waals surface area contributed by atoms with Crippen molar-refractivity contribution in [3.05, 3.63) is 21.6 Å². The number of aryl methyl sites for hydroxylation is 1. The largest absolute Gasteiger partial charge is 0.396 e. The van der Waals surface area contributed by atoms with Crippen molar-refractivity contribution in [3.8, 4) is 0 Å². The first-order chi connectivity index (χ1) is 8.70. The molecule has 1 saturated carbocycles. The summed E-state index contributed by atoms with van der Waals surface area (Å²) in [5.41, 5.74) is 1.24. The Morgan fingerprint density at radius 1 is 1.39 bits per heavy atom. The highest BCUT2D eigenvalue weighted by molar-refractivity contribution is 7.99. The fourth-order valence-electron chi connectivity index (χ4n) is 2.39. The SMILES string of the molecule is Cc1nc(SC2CCCCC2)[nH]c(=O)c1CCO. The Morgan fingerprint density at radius 3 is 2.72 bits per heavy atom. The molecule has 1 fully saturated rings. The Morgan fingerprint density at radius 2 is 2.11 bits per heavy atom. The van der Waals surface area contributed by atoms with Gasteiger partial charge in [0.1, 0.15) is 0 Å². The maximum Gasteiger partial charge on any atom is 0.255 e. The molecule has 1 aliphatic carbocycles. The van der Waals surface area contributed by atoms with E-state index in [9.17, 15) is 4.79 Å². The van der Waals surface area contributed by atoms with Gasteiger partial charge in [0.25, 0.3) is 5.56 Å². The van der Waals surface area contributed by atoms with Crippen molar-refractivity contribution in [2.24, 2.45) is 0 Å². The Hall–Kier alpha value is -0.810. The third-order valence-corrected chi connectivity index (χ3v) is 4.61. The zero-order chi connectivity index (χ0) is 13.0. The van der Waals surface area contributed by atoms with Crippen LogP contribution in [0.25, 0.3) is 0 Å². The molecule has 18 heavy (non-hydrogen) atoms. The molecular formula is C13H20N2O2S. The molecule has 0 aliphatic heterocycles. The van der Waals surface area contributed by atoms with Crippen molar-refractivity contribution in [1.82, 2.24) is 9.97 Å². The second kappa shape index (κ2) is 6.38. The van der Waals surface area contributed by atoms with Crippen LogP contribution in [0.15, 0.2) is 9.95 Å². The summed E-state index contributed by atoms with van der Waals surface area (Å²) in [6.07, 6.45) is 6.70. The van der Waals surface area contributed by atoms with Gasteiger partial charge in [-0.15, -0.1) is 0 Å². The lowest BCUT2D eigenvalue weighted by Crippen LogP contribution is -2.19. The molecule has 0 amide bonds. The van der Waals surface area contributed by atoms with E-state index in [1.165, 1.54) is 32.1 Å². The maximum absolute atomic E-state index is 11.9. The first kappa shape index (κ1) is 13.6. The zero-order valence-electron chi connectivity index (χ0n) is 10.7. The molecule has 0 saturated heterocycles. The minimum Gasteiger partial charge on any atom is -0.396 e. The lowest BCUT2D eigenvalue weighted by Gasteiger charge is -2.20. The number of aliphatic hydroxyl groups is 1. The molecule has 0 radical (unpaired) electrons. The quantitative estimate of drug-likeness (QED) is 0.820. The number of nitrogens with zero attached hydrogens (tertiary/aromatic N) is 1. The molecule has 4 nitrogen and oxygen atoms in total. The van der Waals surface area contributed by atoms with Crippen LogP contribution in [0.5, 0.6) is 0 Å². The Balaban J connectivity index is 2.11. The fraction of sp³-hybridized carbons (Fsp3) is 0.692. The Labute approximate surface area is 111 Å². The first-order valence-electron chi connectivity index (χ1n) is 6.58. The number of hydrogen-bond donors (Lipinski definition) is 2. The van der Waals surface area contributed by atoms with E-state index in [1.807, 2.05) is 6.92 Å². The summed E-state index contributed by atoms with van der Waals surface area (Å²) in [5.74, 6) is 0. The predicted octanol–water partition coefficient (Wildman–Crippen LogP) is 2.04. The topological polar surface area (TPSA) is 66.0 Å². The van der Waals surface area contributed by atoms with Crippen LogP contribution < -0.4 is 5.56 Å². The number of rotatable bonds is 4. The van der Waals surface area contributed by atoms with E-state index in [-0.39, 0.29) is 12.2 Å². The van der Waals surface area contributed by atoms with Crippen molar-refractivity contribution in [2.75, 3.05) is 6.61 Å². The maximum atomic E-state index is 11.9. The molecular weight excluding hydrogens is 248 g/mol. The number of thioether (sulfide) groups is 1. The molecule has 0 unspecified atom stereocenters. The number of aromatic amines is 1. The van der Waals surface area contributed by atoms with Gasteiger partial charge in [0.15, 0.2) is 5.16 Å². The molecule has 0 atom stereocenters. The first-order valence-corrected chi connectivity index (χ1v) is 7.46. The highest BCUT2D eigenvalue weighted by atomic mass is 32.2. The number of aliphatic hydroxyl groups excluding tert-OH is 1. The van der Waals surface area contributed by atoms with Crippen LogP contribution in [0.1, 0.15) is 43.4 Å². The molecule has 1 aromatic heterocycles. The Kier molecular flexibility index (Phi) is 4.83. The minimum atomic E-state index is -0.102. The van der Waals surface area contributed by atoms with Gasteiger partial charge in [0.2, 0.25) is 0 Å². The van der Waals surface area contributed by atoms with Crippen LogP contribution in [0.2, 0.25) is 0 Å². The lowest BCUT2D eigenvalue weighted by atomic mass is 10.0. The van der Waals surface area contributed by atoms with Crippen LogP contribution >= 0.6 is 11.8 Å². The van der Waals surface area contributed by atoms with E-state index in [2.05, 4.69) is 9.97 Å². The fourth-order valence-corrected chi connectivity index (χ4v) is 3.61. The molecule has 2 N–H and O–H groups in total. The summed E-state index contributed by atoms with van der Waals surface area (Å²) < 4.78 is 0. The monoisotopic (exact) mass is 268 g/mol. The van der Waals surface area contributed by atoms with Crippen LogP contribution in [-0.2, 0) is 6.42 Å². The molecule has 5 heteroatoms. The molecule has 2 rings (SSSR count). The second-order valence-electron chi connectivity index (χ2n) is 4.79. The van der Waals surface area contributed by atoms with Crippen LogP contribution in [0.4, 0.5) is 0 Å². The average molecular weight is 268 g/mol. The van der Waals surface area contributed by atoms with Crippen molar-refractivity contribution in [2.45, 2.75) is 55.9 Å². The third-order valence-electron chi connectivity index (χ3n) is 3.39. The normalized spacial score (nSPS) is 17.0. The number of nitrogens with one attached hydrogen (secondary N) is 1. The standard InChI is InChI=1S/C13H20N2O2S/c1-9-11(7-8-16)12(17)15-13(14-9)18-10-5-3-2-4-6-10/h10,16H,2-8H2,1H3,(H,14,15,17). The van der Waals surface area contributed by atoms with E-state index in [1.54, 1.807) is 11.8 Å². The summed E-state index contributed by atoms with van der Waals surface area (Å²) in [5, 5.41) is 10.2. The van der Waals surface area contributed by atoms with Gasteiger partial charge in [0.05, 0.1) is 0 Å². The van der Waals surface area contributed by atoms with Crippen LogP contribution in [0.3, 0.4) is 0 Å². The highest BCUT2D eigenvalue weighted by Crippen LogP contribution is 2.31. The molecule has 1 aliphatic rings. The molecule has 0 spiro atoms. The van der Waals surface area contributed by atoms with E-state index in [4.69, 9.17) is 5.11 Å². The smallest absolute Gasteiger partial charge is 0.255 e. The van der Waals surface area contributed by atoms with Crippen LogP contribution in [0, 0.1) is 6.92 Å². The lowest BCUT2D eigenvalue weighted by molar-refractivity contribution is 0.298. The summed E-state index contributed by atoms with van der Waals surface area (Å²) in [7, 11) is 0. The van der Waals surface area contributed by atoms with Gasteiger partial charge in [-0.25, -0.2) is 4.98 Å². The van der Waals surface area contributed by atoms with E-state index >= 15 is 0 Å². The van der Waals surface area contributed by atoms with Crippen molar-refractivity contribution in [3.63, 3.8) is 0 Å². The third kappa shape index (κ3) is 3.36. The Bertz CT molecular complexity index is 453. The van der Waals surface area contributed by atoms with Gasteiger partial charge in [-0.1, -0.05) is 31.0 Å². The highest BCUT2D eigenvalue weighted by Gasteiger charge is 2.17. The predicted molar refractivity (Wildman–Crippen MR) is 73.1 cm³/mol. The number of aromatic nitrogens is 2. The van der Waals surface area contributed by atoms with Gasteiger partial charge in [-0.05, 0) is 19.8 Å². The molecule has 1 aromatic rings. The molecule has 100 valence electrons. The van der Waals surface area contributed by atoms with Crippen molar-refractivity contribution in [1.29, 1.82) is 0 Å². The number of hydrogen-bond acceptors (Lipinski definition) is 4. The molecule has 0 bridgehead atoms. The number of H-pyrrole nitrogens is 1. The second-order valence-corrected chi connectivity index (χ2v) is 6.08. The summed E-state index contributed by atoms with van der Waals surface area (Å²) in [4.78, 5) is 19.1. The zero-order valence-corrected chi connectivity index (χ0v) is 11.6. The summed E-state index contributed by atoms with van der Waals surface area (Å²) in [6.45, 7) is 1.83. The summed E-state index contributed by atoms with van der Waals surface area (Å²) >= 11 is 1.69. The van der Waals surface area contributed by atoms with E-state index < -0.39 is 0 Å². The van der Waals surface area contributed by atoms with Crippen molar-refractivity contribution >= 4 is 11.8 Å². The van der Waals surface area contributed by atoms with Gasteiger partial charge in [-0.3, -0.25) is 4.79 Å². The molecule has 1 heterocycles. The summed E-state index contributed by atoms with van der Waals surface area (Å²) in [6, 6.07) is 0. The van der Waals surface area contributed by atoms with E-state index in [0.717, 1.165) is 10.9 Å². The van der Waals surface area contributed by atoms with Gasteiger partial charge >= 0.3 is 0 Å². The minimum absolute atomic E-state index is 0.0132.